The van der Waals surface area contributed by atoms with Crippen molar-refractivity contribution in [1.82, 2.24) is 5.32 Å². The van der Waals surface area contributed by atoms with E-state index in [1.165, 1.54) is 0 Å². The molecule has 0 aromatic heterocycles. The van der Waals surface area contributed by atoms with Crippen LogP contribution in [0, 0.1) is 6.92 Å². The summed E-state index contributed by atoms with van der Waals surface area (Å²) in [5.74, 6) is -1.39. The van der Waals surface area contributed by atoms with Gasteiger partial charge in [-0.1, -0.05) is 29.8 Å². The first-order valence-electron chi connectivity index (χ1n) is 9.11. The standard InChI is InChI=1S/C21H27ClN4O2/c1-14-6-9-16(12-18(14)22)24-21(28)20(27)23-13-19(26(4)5)15-7-10-17(11-8-15)25(2)3/h6-12,19H,13H2,1-5H3,(H,23,27)(H,24,28)/p+1/t19-/m0/s1. The number of anilines is 2. The number of likely N-dealkylation sites (N-methyl/N-ethyl adjacent to an activating group) is 1. The Hall–Kier alpha value is -2.57. The second-order valence-electron chi connectivity index (χ2n) is 7.24. The molecule has 0 unspecified atom stereocenters. The van der Waals surface area contributed by atoms with E-state index in [-0.39, 0.29) is 6.04 Å². The van der Waals surface area contributed by atoms with Crippen LogP contribution < -0.4 is 20.4 Å². The maximum atomic E-state index is 12.2. The highest BCUT2D eigenvalue weighted by atomic mass is 35.5. The van der Waals surface area contributed by atoms with E-state index in [0.29, 0.717) is 17.3 Å². The molecule has 28 heavy (non-hydrogen) atoms. The van der Waals surface area contributed by atoms with Crippen molar-refractivity contribution in [2.24, 2.45) is 0 Å². The van der Waals surface area contributed by atoms with Crippen LogP contribution in [-0.4, -0.2) is 46.5 Å². The van der Waals surface area contributed by atoms with Gasteiger partial charge in [0.25, 0.3) is 0 Å². The van der Waals surface area contributed by atoms with Crippen molar-refractivity contribution in [2.45, 2.75) is 13.0 Å². The molecule has 0 saturated heterocycles. The first-order valence-corrected chi connectivity index (χ1v) is 9.49. The lowest BCUT2D eigenvalue weighted by Crippen LogP contribution is -3.07. The number of halogens is 1. The number of carbonyl (C=O) groups excluding carboxylic acids is 2. The number of hydrogen-bond acceptors (Lipinski definition) is 3. The van der Waals surface area contributed by atoms with Crippen molar-refractivity contribution in [1.29, 1.82) is 0 Å². The van der Waals surface area contributed by atoms with Gasteiger partial charge in [0.2, 0.25) is 0 Å². The quantitative estimate of drug-likeness (QED) is 0.642. The van der Waals surface area contributed by atoms with Crippen molar-refractivity contribution < 1.29 is 14.5 Å². The molecule has 1 atom stereocenters. The van der Waals surface area contributed by atoms with Crippen LogP contribution in [0.4, 0.5) is 11.4 Å². The number of nitrogens with one attached hydrogen (secondary N) is 3. The highest BCUT2D eigenvalue weighted by Gasteiger charge is 2.21. The number of nitrogens with zero attached hydrogens (tertiary/aromatic N) is 1. The van der Waals surface area contributed by atoms with Gasteiger partial charge in [0.05, 0.1) is 20.6 Å². The zero-order valence-corrected chi connectivity index (χ0v) is 17.7. The predicted octanol–water partition coefficient (Wildman–Crippen LogP) is 1.65. The molecule has 2 aromatic carbocycles. The number of benzene rings is 2. The Labute approximate surface area is 171 Å². The van der Waals surface area contributed by atoms with Crippen LogP contribution in [0.2, 0.25) is 5.02 Å². The van der Waals surface area contributed by atoms with E-state index in [1.807, 2.05) is 64.3 Å². The van der Waals surface area contributed by atoms with E-state index in [9.17, 15) is 9.59 Å². The summed E-state index contributed by atoms with van der Waals surface area (Å²) in [6.07, 6.45) is 0. The molecular weight excluding hydrogens is 376 g/mol. The van der Waals surface area contributed by atoms with Gasteiger partial charge in [-0.2, -0.15) is 0 Å². The summed E-state index contributed by atoms with van der Waals surface area (Å²) < 4.78 is 0. The minimum Gasteiger partial charge on any atom is -0.378 e. The van der Waals surface area contributed by atoms with E-state index < -0.39 is 11.8 Å². The number of hydrogen-bond donors (Lipinski definition) is 3. The number of rotatable bonds is 6. The zero-order chi connectivity index (χ0) is 20.8. The topological polar surface area (TPSA) is 65.9 Å². The van der Waals surface area contributed by atoms with Gasteiger partial charge >= 0.3 is 11.8 Å². The highest BCUT2D eigenvalue weighted by Crippen LogP contribution is 2.20. The minimum absolute atomic E-state index is 0.0294. The molecule has 3 N–H and O–H groups in total. The van der Waals surface area contributed by atoms with E-state index >= 15 is 0 Å². The van der Waals surface area contributed by atoms with Gasteiger partial charge < -0.3 is 20.4 Å². The van der Waals surface area contributed by atoms with Gasteiger partial charge in [-0.3, -0.25) is 9.59 Å². The Morgan fingerprint density at radius 3 is 2.25 bits per heavy atom. The normalized spacial score (nSPS) is 11.8. The molecular formula is C21H28ClN4O2+. The molecule has 0 aliphatic carbocycles. The Bertz CT molecular complexity index is 835. The number of aryl methyl sites for hydroxylation is 1. The van der Waals surface area contributed by atoms with Gasteiger partial charge in [0.15, 0.2) is 0 Å². The third-order valence-corrected chi connectivity index (χ3v) is 5.02. The fraction of sp³-hybridized carbons (Fsp3) is 0.333. The SMILES string of the molecule is Cc1ccc(NC(=O)C(=O)NC[C@@H](c2ccc(N(C)C)cc2)[NH+](C)C)cc1Cl. The monoisotopic (exact) mass is 403 g/mol. The fourth-order valence-electron chi connectivity index (χ4n) is 2.79. The molecule has 0 aliphatic heterocycles. The average molecular weight is 404 g/mol. The van der Waals surface area contributed by atoms with Gasteiger partial charge in [-0.05, 0) is 36.8 Å². The Morgan fingerprint density at radius 2 is 1.71 bits per heavy atom. The molecule has 0 bridgehead atoms. The smallest absolute Gasteiger partial charge is 0.313 e. The van der Waals surface area contributed by atoms with Crippen LogP contribution in [0.1, 0.15) is 17.2 Å². The number of quaternary nitrogens is 1. The van der Waals surface area contributed by atoms with E-state index in [2.05, 4.69) is 10.6 Å². The van der Waals surface area contributed by atoms with Crippen molar-refractivity contribution >= 4 is 34.8 Å². The Balaban J connectivity index is 1.99. The molecule has 2 rings (SSSR count). The minimum atomic E-state index is -0.713. The average Bonchev–Trinajstić information content (AvgIpc) is 2.64. The number of amides is 2. The molecule has 6 nitrogen and oxygen atoms in total. The molecule has 2 amide bonds. The molecule has 0 heterocycles. The third kappa shape index (κ3) is 5.71. The molecule has 0 fully saturated rings. The van der Waals surface area contributed by atoms with Crippen LogP contribution in [0.5, 0.6) is 0 Å². The van der Waals surface area contributed by atoms with E-state index in [0.717, 1.165) is 21.7 Å². The largest absolute Gasteiger partial charge is 0.378 e. The van der Waals surface area contributed by atoms with Crippen LogP contribution in [0.15, 0.2) is 42.5 Å². The Morgan fingerprint density at radius 1 is 1.07 bits per heavy atom. The summed E-state index contributed by atoms with van der Waals surface area (Å²) >= 11 is 6.06. The van der Waals surface area contributed by atoms with Gasteiger partial charge in [0.1, 0.15) is 6.04 Å². The van der Waals surface area contributed by atoms with Crippen LogP contribution in [-0.2, 0) is 9.59 Å². The van der Waals surface area contributed by atoms with Gasteiger partial charge in [0, 0.05) is 36.1 Å². The van der Waals surface area contributed by atoms with Crippen molar-refractivity contribution in [2.75, 3.05) is 45.0 Å². The third-order valence-electron chi connectivity index (χ3n) is 4.61. The molecule has 150 valence electrons. The van der Waals surface area contributed by atoms with Gasteiger partial charge in [-0.15, -0.1) is 0 Å². The molecule has 2 aromatic rings. The first-order chi connectivity index (χ1) is 13.2. The van der Waals surface area contributed by atoms with Crippen molar-refractivity contribution in [3.05, 3.63) is 58.6 Å². The van der Waals surface area contributed by atoms with Crippen LogP contribution in [0.25, 0.3) is 0 Å². The van der Waals surface area contributed by atoms with Gasteiger partial charge in [-0.25, -0.2) is 0 Å². The summed E-state index contributed by atoms with van der Waals surface area (Å²) in [6, 6.07) is 13.3. The second kappa shape index (κ2) is 9.57. The summed E-state index contributed by atoms with van der Waals surface area (Å²) in [6.45, 7) is 2.22. The fourth-order valence-corrected chi connectivity index (χ4v) is 2.97. The first kappa shape index (κ1) is 21.7. The zero-order valence-electron chi connectivity index (χ0n) is 17.0. The second-order valence-corrected chi connectivity index (χ2v) is 7.65. The lowest BCUT2D eigenvalue weighted by molar-refractivity contribution is -0.890. The van der Waals surface area contributed by atoms with E-state index in [4.69, 9.17) is 11.6 Å². The highest BCUT2D eigenvalue weighted by molar-refractivity contribution is 6.39. The predicted molar refractivity (Wildman–Crippen MR) is 114 cm³/mol. The summed E-state index contributed by atoms with van der Waals surface area (Å²) in [5.41, 5.74) is 3.60. The lowest BCUT2D eigenvalue weighted by Gasteiger charge is -2.23. The maximum absolute atomic E-state index is 12.2. The summed E-state index contributed by atoms with van der Waals surface area (Å²) in [5, 5.41) is 5.84. The molecule has 0 spiro atoms. The van der Waals surface area contributed by atoms with Crippen LogP contribution >= 0.6 is 11.6 Å². The molecule has 7 heteroatoms. The summed E-state index contributed by atoms with van der Waals surface area (Å²) in [4.78, 5) is 27.6. The van der Waals surface area contributed by atoms with Crippen LogP contribution in [0.3, 0.4) is 0 Å². The van der Waals surface area contributed by atoms with E-state index in [1.54, 1.807) is 18.2 Å². The maximum Gasteiger partial charge on any atom is 0.313 e. The molecule has 0 saturated carbocycles. The van der Waals surface area contributed by atoms with Crippen molar-refractivity contribution in [3.8, 4) is 0 Å². The molecule has 0 radical (unpaired) electrons. The van der Waals surface area contributed by atoms with Crippen molar-refractivity contribution in [3.63, 3.8) is 0 Å². The lowest BCUT2D eigenvalue weighted by atomic mass is 10.1. The molecule has 0 aliphatic rings. The number of carbonyl (C=O) groups is 2. The summed E-state index contributed by atoms with van der Waals surface area (Å²) in [7, 11) is 8.02. The Kier molecular flexibility index (Phi) is 7.43.